The van der Waals surface area contributed by atoms with Crippen LogP contribution in [0.1, 0.15) is 26.7 Å². The molecule has 0 aromatic rings. The smallest absolute Gasteiger partial charge is 0.0547 e. The predicted octanol–water partition coefficient (Wildman–Crippen LogP) is 1.27. The summed E-state index contributed by atoms with van der Waals surface area (Å²) in [5.74, 6) is 0.722. The Bertz CT molecular complexity index is 287. The van der Waals surface area contributed by atoms with Crippen LogP contribution in [0.4, 0.5) is 0 Å². The van der Waals surface area contributed by atoms with Crippen LogP contribution in [0.25, 0.3) is 0 Å². The van der Waals surface area contributed by atoms with Gasteiger partial charge in [0.1, 0.15) is 0 Å². The Morgan fingerprint density at radius 2 is 2.20 bits per heavy atom. The van der Waals surface area contributed by atoms with E-state index >= 15 is 0 Å². The van der Waals surface area contributed by atoms with E-state index in [1.807, 2.05) is 0 Å². The second-order valence-electron chi connectivity index (χ2n) is 7.47. The molecule has 2 saturated heterocycles. The largest absolute Gasteiger partial charge is 0.381 e. The summed E-state index contributed by atoms with van der Waals surface area (Å²) >= 11 is 0. The average molecular weight is 283 g/mol. The Morgan fingerprint density at radius 3 is 2.75 bits per heavy atom. The maximum absolute atomic E-state index is 5.73. The number of rotatable bonds is 7. The highest BCUT2D eigenvalue weighted by Gasteiger charge is 2.38. The van der Waals surface area contributed by atoms with Crippen LogP contribution in [-0.2, 0) is 4.74 Å². The molecule has 2 aliphatic heterocycles. The van der Waals surface area contributed by atoms with Gasteiger partial charge in [-0.2, -0.15) is 0 Å². The predicted molar refractivity (Wildman–Crippen MR) is 84.1 cm³/mol. The Kier molecular flexibility index (Phi) is 5.84. The average Bonchev–Trinajstić information content (AvgIpc) is 2.99. The van der Waals surface area contributed by atoms with Crippen molar-refractivity contribution < 1.29 is 4.74 Å². The number of likely N-dealkylation sites (tertiary alicyclic amines) is 1. The first-order chi connectivity index (χ1) is 9.51. The standard InChI is InChI=1S/C16H33N3O/c1-14(2)9-17-11-16(6-8-20-13-16)12-19-7-5-15(10-19)18(3)4/h14-15,17H,5-13H2,1-4H3. The van der Waals surface area contributed by atoms with Crippen LogP contribution in [-0.4, -0.2) is 75.9 Å². The minimum absolute atomic E-state index is 0.343. The SMILES string of the molecule is CC(C)CNCC1(CN2CCC(N(C)C)C2)CCOC1. The third-order valence-corrected chi connectivity index (χ3v) is 4.77. The highest BCUT2D eigenvalue weighted by Crippen LogP contribution is 2.30. The van der Waals surface area contributed by atoms with Gasteiger partial charge in [-0.05, 0) is 45.9 Å². The third-order valence-electron chi connectivity index (χ3n) is 4.77. The molecule has 0 amide bonds. The van der Waals surface area contributed by atoms with Crippen LogP contribution >= 0.6 is 0 Å². The molecule has 0 aliphatic carbocycles. The first-order valence-electron chi connectivity index (χ1n) is 8.18. The van der Waals surface area contributed by atoms with Crippen molar-refractivity contribution in [1.29, 1.82) is 0 Å². The number of nitrogens with one attached hydrogen (secondary N) is 1. The lowest BCUT2D eigenvalue weighted by Gasteiger charge is -2.33. The molecule has 2 unspecified atom stereocenters. The zero-order valence-corrected chi connectivity index (χ0v) is 13.8. The van der Waals surface area contributed by atoms with Gasteiger partial charge in [0.05, 0.1) is 6.61 Å². The summed E-state index contributed by atoms with van der Waals surface area (Å²) in [6.07, 6.45) is 2.52. The first-order valence-corrected chi connectivity index (χ1v) is 8.18. The van der Waals surface area contributed by atoms with E-state index in [0.717, 1.165) is 38.3 Å². The molecule has 0 radical (unpaired) electrons. The molecule has 2 rings (SSSR count). The van der Waals surface area contributed by atoms with E-state index < -0.39 is 0 Å². The molecule has 0 saturated carbocycles. The second-order valence-corrected chi connectivity index (χ2v) is 7.47. The topological polar surface area (TPSA) is 27.7 Å². The summed E-state index contributed by atoms with van der Waals surface area (Å²) in [5, 5.41) is 3.66. The monoisotopic (exact) mass is 283 g/mol. The molecule has 0 spiro atoms. The van der Waals surface area contributed by atoms with Crippen molar-refractivity contribution in [1.82, 2.24) is 15.1 Å². The summed E-state index contributed by atoms with van der Waals surface area (Å²) in [6.45, 7) is 12.3. The summed E-state index contributed by atoms with van der Waals surface area (Å²) in [5.41, 5.74) is 0.343. The fraction of sp³-hybridized carbons (Fsp3) is 1.00. The van der Waals surface area contributed by atoms with E-state index in [1.165, 1.54) is 32.5 Å². The van der Waals surface area contributed by atoms with Crippen molar-refractivity contribution in [3.8, 4) is 0 Å². The normalized spacial score (nSPS) is 31.8. The van der Waals surface area contributed by atoms with Crippen LogP contribution < -0.4 is 5.32 Å². The summed E-state index contributed by atoms with van der Waals surface area (Å²) < 4.78 is 5.73. The Hall–Kier alpha value is -0.160. The van der Waals surface area contributed by atoms with Crippen molar-refractivity contribution in [2.45, 2.75) is 32.7 Å². The number of hydrogen-bond donors (Lipinski definition) is 1. The summed E-state index contributed by atoms with van der Waals surface area (Å²) in [6, 6.07) is 0.734. The molecule has 2 heterocycles. The van der Waals surface area contributed by atoms with Crippen LogP contribution in [0.3, 0.4) is 0 Å². The summed E-state index contributed by atoms with van der Waals surface area (Å²) in [7, 11) is 4.40. The molecular weight excluding hydrogens is 250 g/mol. The van der Waals surface area contributed by atoms with Crippen LogP contribution in [0.5, 0.6) is 0 Å². The fourth-order valence-corrected chi connectivity index (χ4v) is 3.45. The molecular formula is C16H33N3O. The Labute approximate surface area is 124 Å². The minimum atomic E-state index is 0.343. The highest BCUT2D eigenvalue weighted by atomic mass is 16.5. The molecule has 0 bridgehead atoms. The lowest BCUT2D eigenvalue weighted by Crippen LogP contribution is -2.45. The van der Waals surface area contributed by atoms with Gasteiger partial charge in [0, 0.05) is 37.7 Å². The van der Waals surface area contributed by atoms with Gasteiger partial charge >= 0.3 is 0 Å². The second kappa shape index (κ2) is 7.21. The molecule has 20 heavy (non-hydrogen) atoms. The van der Waals surface area contributed by atoms with Gasteiger partial charge < -0.3 is 19.9 Å². The van der Waals surface area contributed by atoms with E-state index in [1.54, 1.807) is 0 Å². The van der Waals surface area contributed by atoms with E-state index in [0.29, 0.717) is 5.41 Å². The van der Waals surface area contributed by atoms with Gasteiger partial charge in [0.25, 0.3) is 0 Å². The van der Waals surface area contributed by atoms with Crippen molar-refractivity contribution in [3.05, 3.63) is 0 Å². The molecule has 4 heteroatoms. The van der Waals surface area contributed by atoms with Gasteiger partial charge in [-0.25, -0.2) is 0 Å². The van der Waals surface area contributed by atoms with Crippen molar-refractivity contribution in [2.24, 2.45) is 11.3 Å². The zero-order chi connectivity index (χ0) is 14.6. The van der Waals surface area contributed by atoms with Gasteiger partial charge in [0.15, 0.2) is 0 Å². The van der Waals surface area contributed by atoms with Crippen molar-refractivity contribution in [3.63, 3.8) is 0 Å². The van der Waals surface area contributed by atoms with Crippen LogP contribution in [0.2, 0.25) is 0 Å². The third kappa shape index (κ3) is 4.42. The quantitative estimate of drug-likeness (QED) is 0.762. The first kappa shape index (κ1) is 16.2. The number of nitrogens with zero attached hydrogens (tertiary/aromatic N) is 2. The van der Waals surface area contributed by atoms with E-state index in [-0.39, 0.29) is 0 Å². The molecule has 2 atom stereocenters. The molecule has 2 fully saturated rings. The molecule has 0 aromatic carbocycles. The number of likely N-dealkylation sites (N-methyl/N-ethyl adjacent to an activating group) is 1. The Morgan fingerprint density at radius 1 is 1.40 bits per heavy atom. The molecule has 1 N–H and O–H groups in total. The Balaban J connectivity index is 1.83. The molecule has 0 aromatic heterocycles. The molecule has 118 valence electrons. The van der Waals surface area contributed by atoms with Gasteiger partial charge in [-0.3, -0.25) is 0 Å². The maximum atomic E-state index is 5.73. The lowest BCUT2D eigenvalue weighted by molar-refractivity contribution is 0.115. The van der Waals surface area contributed by atoms with Crippen molar-refractivity contribution >= 4 is 0 Å². The highest BCUT2D eigenvalue weighted by molar-refractivity contribution is 4.92. The van der Waals surface area contributed by atoms with Crippen molar-refractivity contribution in [2.75, 3.05) is 60.0 Å². The number of hydrogen-bond acceptors (Lipinski definition) is 4. The fourth-order valence-electron chi connectivity index (χ4n) is 3.45. The van der Waals surface area contributed by atoms with E-state index in [4.69, 9.17) is 4.74 Å². The minimum Gasteiger partial charge on any atom is -0.381 e. The van der Waals surface area contributed by atoms with Gasteiger partial charge in [0.2, 0.25) is 0 Å². The van der Waals surface area contributed by atoms with Crippen LogP contribution in [0, 0.1) is 11.3 Å². The van der Waals surface area contributed by atoms with Gasteiger partial charge in [-0.1, -0.05) is 13.8 Å². The van der Waals surface area contributed by atoms with Gasteiger partial charge in [-0.15, -0.1) is 0 Å². The van der Waals surface area contributed by atoms with Crippen LogP contribution in [0.15, 0.2) is 0 Å². The molecule has 2 aliphatic rings. The zero-order valence-electron chi connectivity index (χ0n) is 13.8. The van der Waals surface area contributed by atoms with E-state index in [2.05, 4.69) is 43.1 Å². The van der Waals surface area contributed by atoms with E-state index in [9.17, 15) is 0 Å². The summed E-state index contributed by atoms with van der Waals surface area (Å²) in [4.78, 5) is 5.02. The maximum Gasteiger partial charge on any atom is 0.0547 e. The number of ether oxygens (including phenoxy) is 1. The molecule has 4 nitrogen and oxygen atoms in total. The lowest BCUT2D eigenvalue weighted by atomic mass is 9.86.